The van der Waals surface area contributed by atoms with Crippen LogP contribution in [-0.2, 0) is 20.6 Å². The van der Waals surface area contributed by atoms with Crippen LogP contribution in [0.25, 0.3) is 11.2 Å². The molecular formula is C25H28N6O5. The van der Waals surface area contributed by atoms with Gasteiger partial charge in [-0.2, -0.15) is 10.1 Å². The molecule has 1 atom stereocenters. The molecule has 2 aromatic heterocycles. The average Bonchev–Trinajstić information content (AvgIpc) is 3.22. The van der Waals surface area contributed by atoms with Gasteiger partial charge in [-0.05, 0) is 37.6 Å². The number of para-hydroxylation sites is 2. The summed E-state index contributed by atoms with van der Waals surface area (Å²) in [6.45, 7) is 3.52. The third-order valence-electron chi connectivity index (χ3n) is 5.88. The Bertz CT molecular complexity index is 1570. The monoisotopic (exact) mass is 492 g/mol. The SMILES string of the molecule is C/C(=N/Nc1nc2c(c(=O)n(C)c(=O)n2C)n1CC(O)COc1ccccc1C)c1ccccc1O. The Morgan fingerprint density at radius 2 is 1.81 bits per heavy atom. The molecule has 11 nitrogen and oxygen atoms in total. The molecule has 4 rings (SSSR count). The highest BCUT2D eigenvalue weighted by Gasteiger charge is 2.21. The van der Waals surface area contributed by atoms with E-state index in [1.54, 1.807) is 31.2 Å². The zero-order valence-electron chi connectivity index (χ0n) is 20.5. The Morgan fingerprint density at radius 3 is 2.53 bits per heavy atom. The largest absolute Gasteiger partial charge is 0.507 e. The number of ether oxygens (including phenoxy) is 1. The molecular weight excluding hydrogens is 464 g/mol. The molecule has 188 valence electrons. The Morgan fingerprint density at radius 1 is 1.11 bits per heavy atom. The topological polar surface area (TPSA) is 136 Å². The summed E-state index contributed by atoms with van der Waals surface area (Å²) in [6.07, 6.45) is -1.01. The minimum absolute atomic E-state index is 0.0315. The van der Waals surface area contributed by atoms with E-state index in [1.807, 2.05) is 31.2 Å². The van der Waals surface area contributed by atoms with E-state index in [9.17, 15) is 19.8 Å². The second-order valence-electron chi connectivity index (χ2n) is 8.48. The lowest BCUT2D eigenvalue weighted by Gasteiger charge is -2.16. The van der Waals surface area contributed by atoms with Crippen molar-refractivity contribution >= 4 is 22.8 Å². The highest BCUT2D eigenvalue weighted by molar-refractivity contribution is 6.01. The quantitative estimate of drug-likeness (QED) is 0.252. The van der Waals surface area contributed by atoms with Crippen molar-refractivity contribution in [3.8, 4) is 11.5 Å². The zero-order valence-corrected chi connectivity index (χ0v) is 20.5. The van der Waals surface area contributed by atoms with Crippen LogP contribution in [0.1, 0.15) is 18.1 Å². The molecule has 3 N–H and O–H groups in total. The first kappa shape index (κ1) is 24.7. The van der Waals surface area contributed by atoms with E-state index in [2.05, 4.69) is 15.5 Å². The van der Waals surface area contributed by atoms with Crippen molar-refractivity contribution in [3.63, 3.8) is 0 Å². The molecule has 11 heteroatoms. The molecule has 0 fully saturated rings. The summed E-state index contributed by atoms with van der Waals surface area (Å²) in [6, 6.07) is 14.2. The minimum Gasteiger partial charge on any atom is -0.507 e. The number of hydrogen-bond acceptors (Lipinski definition) is 8. The van der Waals surface area contributed by atoms with E-state index in [4.69, 9.17) is 4.74 Å². The van der Waals surface area contributed by atoms with Crippen LogP contribution < -0.4 is 21.4 Å². The molecule has 0 aliphatic heterocycles. The van der Waals surface area contributed by atoms with Crippen LogP contribution in [0.2, 0.25) is 0 Å². The normalized spacial score (nSPS) is 12.6. The fourth-order valence-electron chi connectivity index (χ4n) is 3.85. The number of hydrazone groups is 1. The van der Waals surface area contributed by atoms with Crippen molar-refractivity contribution in [1.29, 1.82) is 0 Å². The van der Waals surface area contributed by atoms with Crippen LogP contribution in [0, 0.1) is 6.92 Å². The molecule has 0 saturated carbocycles. The molecule has 1 unspecified atom stereocenters. The van der Waals surface area contributed by atoms with E-state index in [-0.39, 0.29) is 36.0 Å². The van der Waals surface area contributed by atoms with Gasteiger partial charge in [0, 0.05) is 19.7 Å². The van der Waals surface area contributed by atoms with Crippen molar-refractivity contribution in [1.82, 2.24) is 18.7 Å². The Balaban J connectivity index is 1.71. The lowest BCUT2D eigenvalue weighted by atomic mass is 10.1. The number of phenols is 1. The van der Waals surface area contributed by atoms with Gasteiger partial charge in [0.1, 0.15) is 24.2 Å². The molecule has 0 aliphatic carbocycles. The Hall–Kier alpha value is -4.38. The summed E-state index contributed by atoms with van der Waals surface area (Å²) < 4.78 is 9.49. The molecule has 2 aromatic carbocycles. The summed E-state index contributed by atoms with van der Waals surface area (Å²) in [4.78, 5) is 29.9. The number of anilines is 1. The number of aliphatic hydroxyl groups excluding tert-OH is 1. The second kappa shape index (κ2) is 10.1. The fraction of sp³-hybridized carbons (Fsp3) is 0.280. The van der Waals surface area contributed by atoms with Gasteiger partial charge in [0.05, 0.1) is 12.3 Å². The number of nitrogens with one attached hydrogen (secondary N) is 1. The van der Waals surface area contributed by atoms with E-state index in [1.165, 1.54) is 23.2 Å². The van der Waals surface area contributed by atoms with E-state index in [0.717, 1.165) is 10.1 Å². The molecule has 0 aliphatic rings. The van der Waals surface area contributed by atoms with Crippen molar-refractivity contribution < 1.29 is 14.9 Å². The maximum atomic E-state index is 13.0. The number of aromatic nitrogens is 4. The molecule has 0 bridgehead atoms. The second-order valence-corrected chi connectivity index (χ2v) is 8.48. The number of nitrogens with zero attached hydrogens (tertiary/aromatic N) is 5. The predicted molar refractivity (Wildman–Crippen MR) is 137 cm³/mol. The first-order chi connectivity index (χ1) is 17.2. The number of benzene rings is 2. The molecule has 0 amide bonds. The van der Waals surface area contributed by atoms with Crippen LogP contribution >= 0.6 is 0 Å². The zero-order chi connectivity index (χ0) is 26.0. The van der Waals surface area contributed by atoms with Crippen LogP contribution in [-0.4, -0.2) is 47.3 Å². The standard InChI is InChI=1S/C25H28N6O5/c1-15-9-5-8-12-20(15)36-14-17(32)13-31-21-22(29(3)25(35)30(4)23(21)34)26-24(31)28-27-16(2)18-10-6-7-11-19(18)33/h5-12,17,32-33H,13-14H2,1-4H3,(H,26,28)/b27-16-. The fourth-order valence-corrected chi connectivity index (χ4v) is 3.85. The van der Waals surface area contributed by atoms with Gasteiger partial charge in [0.25, 0.3) is 5.56 Å². The number of aromatic hydroxyl groups is 1. The van der Waals surface area contributed by atoms with Gasteiger partial charge in [-0.1, -0.05) is 30.3 Å². The maximum Gasteiger partial charge on any atom is 0.332 e. The summed E-state index contributed by atoms with van der Waals surface area (Å²) in [7, 11) is 2.90. The van der Waals surface area contributed by atoms with Crippen molar-refractivity contribution in [3.05, 3.63) is 80.5 Å². The number of imidazole rings is 1. The van der Waals surface area contributed by atoms with Gasteiger partial charge >= 0.3 is 5.69 Å². The molecule has 0 spiro atoms. The van der Waals surface area contributed by atoms with Crippen molar-refractivity contribution in [2.75, 3.05) is 12.0 Å². The van der Waals surface area contributed by atoms with Crippen molar-refractivity contribution in [2.24, 2.45) is 19.2 Å². The van der Waals surface area contributed by atoms with Gasteiger partial charge in [-0.15, -0.1) is 0 Å². The number of aryl methyl sites for hydroxylation is 2. The van der Waals surface area contributed by atoms with E-state index in [0.29, 0.717) is 17.0 Å². The van der Waals surface area contributed by atoms with E-state index < -0.39 is 17.4 Å². The van der Waals surface area contributed by atoms with Gasteiger partial charge in [0.15, 0.2) is 11.2 Å². The molecule has 4 aromatic rings. The predicted octanol–water partition coefficient (Wildman–Crippen LogP) is 1.72. The highest BCUT2D eigenvalue weighted by Crippen LogP contribution is 2.20. The van der Waals surface area contributed by atoms with Crippen molar-refractivity contribution in [2.45, 2.75) is 26.5 Å². The number of fused-ring (bicyclic) bond motifs is 1. The summed E-state index contributed by atoms with van der Waals surface area (Å²) in [5.41, 5.74) is 3.94. The van der Waals surface area contributed by atoms with E-state index >= 15 is 0 Å². The number of aliphatic hydroxyl groups is 1. The molecule has 36 heavy (non-hydrogen) atoms. The third-order valence-corrected chi connectivity index (χ3v) is 5.88. The third kappa shape index (κ3) is 4.73. The molecule has 0 saturated heterocycles. The van der Waals surface area contributed by atoms with Crippen LogP contribution in [0.5, 0.6) is 11.5 Å². The maximum absolute atomic E-state index is 13.0. The first-order valence-corrected chi connectivity index (χ1v) is 11.3. The Kier molecular flexibility index (Phi) is 6.93. The van der Waals surface area contributed by atoms with Gasteiger partial charge in [-0.25, -0.2) is 10.2 Å². The van der Waals surface area contributed by atoms with Gasteiger partial charge in [0.2, 0.25) is 5.95 Å². The lowest BCUT2D eigenvalue weighted by Crippen LogP contribution is -2.38. The lowest BCUT2D eigenvalue weighted by molar-refractivity contribution is 0.0935. The average molecular weight is 493 g/mol. The first-order valence-electron chi connectivity index (χ1n) is 11.3. The number of hydrogen-bond donors (Lipinski definition) is 3. The van der Waals surface area contributed by atoms with Gasteiger partial charge in [-0.3, -0.25) is 13.9 Å². The molecule has 2 heterocycles. The molecule has 0 radical (unpaired) electrons. The van der Waals surface area contributed by atoms with Crippen LogP contribution in [0.3, 0.4) is 0 Å². The summed E-state index contributed by atoms with van der Waals surface area (Å²) >= 11 is 0. The minimum atomic E-state index is -1.01. The summed E-state index contributed by atoms with van der Waals surface area (Å²) in [5, 5.41) is 25.2. The van der Waals surface area contributed by atoms with Gasteiger partial charge < -0.3 is 19.5 Å². The number of phenolic OH excluding ortho intramolecular Hbond substituents is 1. The summed E-state index contributed by atoms with van der Waals surface area (Å²) in [5.74, 6) is 0.855. The van der Waals surface area contributed by atoms with Crippen LogP contribution in [0.15, 0.2) is 63.2 Å². The van der Waals surface area contributed by atoms with Crippen LogP contribution in [0.4, 0.5) is 5.95 Å². The highest BCUT2D eigenvalue weighted by atomic mass is 16.5. The smallest absolute Gasteiger partial charge is 0.332 e. The Labute approximate surface area is 206 Å². The number of rotatable bonds is 8.